The Bertz CT molecular complexity index is 484. The highest BCUT2D eigenvalue weighted by atomic mass is 16.2. The molecular weight excluding hydrogens is 236 g/mol. The van der Waals surface area contributed by atoms with Crippen LogP contribution in [0.3, 0.4) is 0 Å². The number of carbonyl (C=O) groups excluding carboxylic acids is 1. The maximum Gasteiger partial charge on any atom is 0.241 e. The molecule has 0 radical (unpaired) electrons. The number of nitrogens with one attached hydrogen (secondary N) is 1. The number of rotatable bonds is 3. The maximum atomic E-state index is 12.3. The molecule has 1 aliphatic heterocycles. The number of nitrogens with zero attached hydrogens (tertiary/aromatic N) is 1. The highest BCUT2D eigenvalue weighted by molar-refractivity contribution is 5.84. The van der Waals surface area contributed by atoms with E-state index in [4.69, 9.17) is 0 Å². The van der Waals surface area contributed by atoms with Crippen LogP contribution >= 0.6 is 0 Å². The van der Waals surface area contributed by atoms with E-state index in [2.05, 4.69) is 51.2 Å². The predicted octanol–water partition coefficient (Wildman–Crippen LogP) is 2.92. The summed E-state index contributed by atoms with van der Waals surface area (Å²) in [5, 5.41) is 3.42. The highest BCUT2D eigenvalue weighted by Crippen LogP contribution is 2.30. The number of amides is 1. The number of aryl methyl sites for hydroxylation is 2. The van der Waals surface area contributed by atoms with Gasteiger partial charge in [0.25, 0.3) is 0 Å². The molecule has 1 aromatic rings. The first-order valence-corrected chi connectivity index (χ1v) is 7.11. The molecule has 3 unspecified atom stereocenters. The van der Waals surface area contributed by atoms with Crippen LogP contribution in [0.2, 0.25) is 0 Å². The predicted molar refractivity (Wildman–Crippen MR) is 77.9 cm³/mol. The van der Waals surface area contributed by atoms with Crippen LogP contribution in [0.25, 0.3) is 0 Å². The second kappa shape index (κ2) is 5.33. The van der Waals surface area contributed by atoms with Gasteiger partial charge in [0, 0.05) is 6.04 Å². The van der Waals surface area contributed by atoms with E-state index in [1.54, 1.807) is 0 Å². The molecule has 0 spiro atoms. The van der Waals surface area contributed by atoms with Gasteiger partial charge in [0.15, 0.2) is 0 Å². The average Bonchev–Trinajstić information content (AvgIpc) is 2.65. The minimum atomic E-state index is -0.0975. The summed E-state index contributed by atoms with van der Waals surface area (Å²) in [5.41, 5.74) is 3.71. The van der Waals surface area contributed by atoms with Gasteiger partial charge in [-0.15, -0.1) is 0 Å². The Balaban J connectivity index is 2.39. The fourth-order valence-electron chi connectivity index (χ4n) is 2.78. The Kier molecular flexibility index (Phi) is 3.95. The molecule has 0 bridgehead atoms. The van der Waals surface area contributed by atoms with Gasteiger partial charge in [0.2, 0.25) is 5.91 Å². The zero-order valence-electron chi connectivity index (χ0n) is 12.5. The summed E-state index contributed by atoms with van der Waals surface area (Å²) in [4.78, 5) is 14.3. The van der Waals surface area contributed by atoms with Crippen molar-refractivity contribution in [3.05, 3.63) is 34.9 Å². The summed E-state index contributed by atoms with van der Waals surface area (Å²) in [6.45, 7) is 10.4. The van der Waals surface area contributed by atoms with Crippen molar-refractivity contribution in [2.75, 3.05) is 0 Å². The standard InChI is InChI=1S/C16H24N2O/c1-6-12(4)18-15(17-13(5)16(18)19)14-8-7-10(2)9-11(14)3/h7-9,12-13,15,17H,6H2,1-5H3. The highest BCUT2D eigenvalue weighted by Gasteiger charge is 2.39. The molecule has 0 aliphatic carbocycles. The number of benzene rings is 1. The van der Waals surface area contributed by atoms with Crippen molar-refractivity contribution in [2.45, 2.75) is 59.3 Å². The zero-order valence-corrected chi connectivity index (χ0v) is 12.5. The Morgan fingerprint density at radius 2 is 2.05 bits per heavy atom. The summed E-state index contributed by atoms with van der Waals surface area (Å²) >= 11 is 0. The van der Waals surface area contributed by atoms with Gasteiger partial charge in [-0.3, -0.25) is 10.1 Å². The molecule has 1 amide bonds. The summed E-state index contributed by atoms with van der Waals surface area (Å²) < 4.78 is 0. The SMILES string of the molecule is CCC(C)N1C(=O)C(C)NC1c1ccc(C)cc1C. The molecule has 3 atom stereocenters. The van der Waals surface area contributed by atoms with Crippen molar-refractivity contribution >= 4 is 5.91 Å². The van der Waals surface area contributed by atoms with E-state index in [0.717, 1.165) is 6.42 Å². The molecule has 3 heteroatoms. The molecule has 1 N–H and O–H groups in total. The zero-order chi connectivity index (χ0) is 14.2. The molecule has 1 fully saturated rings. The molecule has 1 aromatic carbocycles. The van der Waals surface area contributed by atoms with Gasteiger partial charge in [-0.25, -0.2) is 0 Å². The lowest BCUT2D eigenvalue weighted by atomic mass is 10.0. The van der Waals surface area contributed by atoms with Crippen molar-refractivity contribution in [2.24, 2.45) is 0 Å². The smallest absolute Gasteiger partial charge is 0.241 e. The third-order valence-corrected chi connectivity index (χ3v) is 4.10. The van der Waals surface area contributed by atoms with E-state index in [9.17, 15) is 4.79 Å². The van der Waals surface area contributed by atoms with Crippen LogP contribution < -0.4 is 5.32 Å². The lowest BCUT2D eigenvalue weighted by molar-refractivity contribution is -0.131. The summed E-state index contributed by atoms with van der Waals surface area (Å²) in [7, 11) is 0. The van der Waals surface area contributed by atoms with Crippen molar-refractivity contribution < 1.29 is 4.79 Å². The largest absolute Gasteiger partial charge is 0.319 e. The van der Waals surface area contributed by atoms with Crippen molar-refractivity contribution in [1.82, 2.24) is 10.2 Å². The van der Waals surface area contributed by atoms with Gasteiger partial charge in [-0.05, 0) is 45.2 Å². The van der Waals surface area contributed by atoms with Crippen molar-refractivity contribution in [3.8, 4) is 0 Å². The summed E-state index contributed by atoms with van der Waals surface area (Å²) in [6.07, 6.45) is 0.986. The van der Waals surface area contributed by atoms with E-state index in [1.807, 2.05) is 11.8 Å². The fourth-order valence-corrected chi connectivity index (χ4v) is 2.78. The molecule has 1 saturated heterocycles. The third-order valence-electron chi connectivity index (χ3n) is 4.10. The average molecular weight is 260 g/mol. The quantitative estimate of drug-likeness (QED) is 0.906. The Morgan fingerprint density at radius 1 is 1.37 bits per heavy atom. The first-order valence-electron chi connectivity index (χ1n) is 7.11. The van der Waals surface area contributed by atoms with Crippen LogP contribution in [-0.4, -0.2) is 22.9 Å². The van der Waals surface area contributed by atoms with Gasteiger partial charge in [-0.2, -0.15) is 0 Å². The fraction of sp³-hybridized carbons (Fsp3) is 0.562. The summed E-state index contributed by atoms with van der Waals surface area (Å²) in [5.74, 6) is 0.208. The number of carbonyl (C=O) groups is 1. The Labute approximate surface area is 116 Å². The van der Waals surface area contributed by atoms with Gasteiger partial charge in [0.05, 0.1) is 6.04 Å². The Morgan fingerprint density at radius 3 is 2.63 bits per heavy atom. The molecule has 1 heterocycles. The normalized spacial score (nSPS) is 24.9. The van der Waals surface area contributed by atoms with Crippen LogP contribution in [0.5, 0.6) is 0 Å². The van der Waals surface area contributed by atoms with E-state index in [0.29, 0.717) is 0 Å². The second-order valence-electron chi connectivity index (χ2n) is 5.65. The van der Waals surface area contributed by atoms with Crippen LogP contribution in [0.15, 0.2) is 18.2 Å². The van der Waals surface area contributed by atoms with E-state index >= 15 is 0 Å². The summed E-state index contributed by atoms with van der Waals surface area (Å²) in [6, 6.07) is 6.60. The van der Waals surface area contributed by atoms with Crippen LogP contribution in [0, 0.1) is 13.8 Å². The van der Waals surface area contributed by atoms with Crippen LogP contribution in [0.1, 0.15) is 50.0 Å². The molecule has 2 rings (SSSR count). The third kappa shape index (κ3) is 2.52. The van der Waals surface area contributed by atoms with E-state index in [-0.39, 0.29) is 24.2 Å². The number of hydrogen-bond donors (Lipinski definition) is 1. The first-order chi connectivity index (χ1) is 8.95. The van der Waals surface area contributed by atoms with E-state index in [1.165, 1.54) is 16.7 Å². The molecule has 3 nitrogen and oxygen atoms in total. The number of hydrogen-bond acceptors (Lipinski definition) is 2. The van der Waals surface area contributed by atoms with Gasteiger partial charge in [0.1, 0.15) is 6.17 Å². The molecule has 0 saturated carbocycles. The lowest BCUT2D eigenvalue weighted by Gasteiger charge is -2.31. The first kappa shape index (κ1) is 14.1. The van der Waals surface area contributed by atoms with Crippen molar-refractivity contribution in [3.63, 3.8) is 0 Å². The van der Waals surface area contributed by atoms with Gasteiger partial charge < -0.3 is 4.90 Å². The van der Waals surface area contributed by atoms with Gasteiger partial charge >= 0.3 is 0 Å². The van der Waals surface area contributed by atoms with Crippen molar-refractivity contribution in [1.29, 1.82) is 0 Å². The molecule has 104 valence electrons. The Hall–Kier alpha value is -1.35. The van der Waals surface area contributed by atoms with Crippen LogP contribution in [-0.2, 0) is 4.79 Å². The minimum Gasteiger partial charge on any atom is -0.319 e. The maximum absolute atomic E-state index is 12.3. The van der Waals surface area contributed by atoms with Gasteiger partial charge in [-0.1, -0.05) is 30.7 Å². The lowest BCUT2D eigenvalue weighted by Crippen LogP contribution is -2.38. The van der Waals surface area contributed by atoms with E-state index < -0.39 is 0 Å². The van der Waals surface area contributed by atoms with Crippen LogP contribution in [0.4, 0.5) is 0 Å². The molecular formula is C16H24N2O. The topological polar surface area (TPSA) is 32.3 Å². The molecule has 19 heavy (non-hydrogen) atoms. The monoisotopic (exact) mass is 260 g/mol. The minimum absolute atomic E-state index is 0.0121. The second-order valence-corrected chi connectivity index (χ2v) is 5.65. The molecule has 0 aromatic heterocycles. The molecule has 1 aliphatic rings.